The van der Waals surface area contributed by atoms with Crippen molar-refractivity contribution >= 4 is 22.9 Å². The van der Waals surface area contributed by atoms with E-state index in [0.717, 1.165) is 67.1 Å². The van der Waals surface area contributed by atoms with Crippen LogP contribution in [0.25, 0.3) is 16.8 Å². The Morgan fingerprint density at radius 2 is 1.59 bits per heavy atom. The van der Waals surface area contributed by atoms with Crippen LogP contribution in [0.1, 0.15) is 21.6 Å². The van der Waals surface area contributed by atoms with Crippen molar-refractivity contribution in [3.63, 3.8) is 0 Å². The predicted molar refractivity (Wildman–Crippen MR) is 152 cm³/mol. The summed E-state index contributed by atoms with van der Waals surface area (Å²) in [7, 11) is 0. The molecule has 0 atom stereocenters. The van der Waals surface area contributed by atoms with Gasteiger partial charge in [-0.15, -0.1) is 0 Å². The van der Waals surface area contributed by atoms with Gasteiger partial charge in [-0.1, -0.05) is 48.5 Å². The molecule has 1 amide bonds. The van der Waals surface area contributed by atoms with Gasteiger partial charge in [0.1, 0.15) is 11.5 Å². The molecule has 0 spiro atoms. The van der Waals surface area contributed by atoms with Crippen molar-refractivity contribution < 1.29 is 9.18 Å². The van der Waals surface area contributed by atoms with E-state index in [-0.39, 0.29) is 11.7 Å². The van der Waals surface area contributed by atoms with Gasteiger partial charge >= 0.3 is 0 Å². The minimum atomic E-state index is -0.261. The van der Waals surface area contributed by atoms with Crippen LogP contribution in [-0.2, 0) is 12.8 Å². The fraction of sp³-hybridized carbons (Fsp3) is 0.194. The van der Waals surface area contributed by atoms with E-state index in [0.29, 0.717) is 11.3 Å². The summed E-state index contributed by atoms with van der Waals surface area (Å²) < 4.78 is 14.8. The number of hydrogen-bond acceptors (Lipinski definition) is 5. The van der Waals surface area contributed by atoms with Crippen molar-refractivity contribution in [2.45, 2.75) is 12.8 Å². The van der Waals surface area contributed by atoms with Crippen LogP contribution in [0.4, 0.5) is 15.8 Å². The first-order valence-corrected chi connectivity index (χ1v) is 13.2. The molecule has 2 N–H and O–H groups in total. The zero-order valence-electron chi connectivity index (χ0n) is 21.5. The Hall–Kier alpha value is -4.56. The maximum atomic E-state index is 13.3. The van der Waals surface area contributed by atoms with Crippen LogP contribution in [0.2, 0.25) is 0 Å². The van der Waals surface area contributed by atoms with E-state index in [2.05, 4.69) is 49.9 Å². The van der Waals surface area contributed by atoms with Gasteiger partial charge in [-0.3, -0.25) is 4.79 Å². The van der Waals surface area contributed by atoms with Gasteiger partial charge < -0.3 is 15.5 Å². The lowest BCUT2D eigenvalue weighted by molar-refractivity contribution is 0.102. The van der Waals surface area contributed by atoms with Gasteiger partial charge in [-0.25, -0.2) is 13.9 Å². The number of carbonyl (C=O) groups is 1. The van der Waals surface area contributed by atoms with Crippen molar-refractivity contribution in [2.75, 3.05) is 36.4 Å². The van der Waals surface area contributed by atoms with Crippen LogP contribution in [0.15, 0.2) is 91.3 Å². The highest BCUT2D eigenvalue weighted by atomic mass is 19.1. The highest BCUT2D eigenvalue weighted by Gasteiger charge is 2.18. The standard InChI is InChI=1S/C31H29FN6O/c32-25-13-9-23(10-14-25)6-5-22-7-11-24(12-8-22)26-21-34-38-18-15-28(35-30(26)38)31(39)36-27-3-1-2-4-29(27)37-19-16-33-17-20-37/h1-4,7-15,18,21,33H,5-6,16-17,19-20H2,(H,36,39). The van der Waals surface area contributed by atoms with Gasteiger partial charge in [-0.05, 0) is 59.9 Å². The molecule has 0 aliphatic carbocycles. The fourth-order valence-electron chi connectivity index (χ4n) is 4.94. The van der Waals surface area contributed by atoms with E-state index >= 15 is 0 Å². The monoisotopic (exact) mass is 520 g/mol. The third kappa shape index (κ3) is 5.51. The van der Waals surface area contributed by atoms with Gasteiger partial charge in [0, 0.05) is 37.9 Å². The summed E-state index contributed by atoms with van der Waals surface area (Å²) in [6.07, 6.45) is 5.24. The molecule has 2 aromatic heterocycles. The van der Waals surface area contributed by atoms with E-state index in [1.54, 1.807) is 23.0 Å². The molecule has 196 valence electrons. The lowest BCUT2D eigenvalue weighted by atomic mass is 10.0. The van der Waals surface area contributed by atoms with Crippen molar-refractivity contribution in [3.8, 4) is 11.1 Å². The summed E-state index contributed by atoms with van der Waals surface area (Å²) in [6, 6.07) is 24.5. The molecule has 0 bridgehead atoms. The SMILES string of the molecule is O=C(Nc1ccccc1N1CCNCC1)c1ccn2ncc(-c3ccc(CCc4ccc(F)cc4)cc3)c2n1. The number of anilines is 2. The molecule has 1 fully saturated rings. The normalized spacial score (nSPS) is 13.5. The number of hydrogen-bond donors (Lipinski definition) is 2. The van der Waals surface area contributed by atoms with Gasteiger partial charge in [-0.2, -0.15) is 5.10 Å². The summed E-state index contributed by atoms with van der Waals surface area (Å²) in [4.78, 5) is 20.2. The molecular weight excluding hydrogens is 491 g/mol. The number of nitrogens with one attached hydrogen (secondary N) is 2. The number of piperazine rings is 1. The zero-order chi connectivity index (χ0) is 26.6. The fourth-order valence-corrected chi connectivity index (χ4v) is 4.94. The summed E-state index contributed by atoms with van der Waals surface area (Å²) in [5, 5.41) is 10.9. The van der Waals surface area contributed by atoms with Crippen LogP contribution in [0.3, 0.4) is 0 Å². The third-order valence-electron chi connectivity index (χ3n) is 7.09. The molecular formula is C31H29FN6O. The average molecular weight is 521 g/mol. The topological polar surface area (TPSA) is 74.6 Å². The number of amides is 1. The number of halogens is 1. The van der Waals surface area contributed by atoms with Gasteiger partial charge in [0.05, 0.1) is 17.6 Å². The number of fused-ring (bicyclic) bond motifs is 1. The van der Waals surface area contributed by atoms with Crippen LogP contribution in [-0.4, -0.2) is 46.7 Å². The molecule has 8 heteroatoms. The van der Waals surface area contributed by atoms with Gasteiger partial charge in [0.2, 0.25) is 0 Å². The molecule has 7 nitrogen and oxygen atoms in total. The van der Waals surface area contributed by atoms with Crippen LogP contribution in [0.5, 0.6) is 0 Å². The number of rotatable bonds is 7. The second-order valence-electron chi connectivity index (χ2n) is 9.67. The number of aryl methyl sites for hydroxylation is 2. The number of nitrogens with zero attached hydrogens (tertiary/aromatic N) is 4. The smallest absolute Gasteiger partial charge is 0.274 e. The first-order chi connectivity index (χ1) is 19.1. The highest BCUT2D eigenvalue weighted by molar-refractivity contribution is 6.05. The largest absolute Gasteiger partial charge is 0.367 e. The third-order valence-corrected chi connectivity index (χ3v) is 7.09. The van der Waals surface area contributed by atoms with E-state index < -0.39 is 0 Å². The quantitative estimate of drug-likeness (QED) is 0.317. The molecule has 0 saturated carbocycles. The number of benzene rings is 3. The second-order valence-corrected chi connectivity index (χ2v) is 9.67. The Morgan fingerprint density at radius 3 is 2.33 bits per heavy atom. The first kappa shape index (κ1) is 24.8. The van der Waals surface area contributed by atoms with Gasteiger partial charge in [0.25, 0.3) is 5.91 Å². The molecule has 1 aliphatic rings. The highest BCUT2D eigenvalue weighted by Crippen LogP contribution is 2.27. The first-order valence-electron chi connectivity index (χ1n) is 13.2. The number of aromatic nitrogens is 3. The van der Waals surface area contributed by atoms with Crippen LogP contribution in [0, 0.1) is 5.82 Å². The molecule has 1 aliphatic heterocycles. The van der Waals surface area contributed by atoms with Crippen LogP contribution < -0.4 is 15.5 Å². The Bertz CT molecular complexity index is 1590. The zero-order valence-corrected chi connectivity index (χ0v) is 21.5. The Kier molecular flexibility index (Phi) is 7.01. The summed E-state index contributed by atoms with van der Waals surface area (Å²) in [5.74, 6) is -0.478. The maximum Gasteiger partial charge on any atom is 0.274 e. The molecule has 3 heterocycles. The minimum Gasteiger partial charge on any atom is -0.367 e. The Balaban J connectivity index is 1.19. The van der Waals surface area contributed by atoms with Crippen molar-refractivity contribution in [1.29, 1.82) is 0 Å². The maximum absolute atomic E-state index is 13.3. The van der Waals surface area contributed by atoms with E-state index in [9.17, 15) is 9.18 Å². The number of carbonyl (C=O) groups excluding carboxylic acids is 1. The molecule has 0 radical (unpaired) electrons. The molecule has 6 rings (SSSR count). The van der Waals surface area contributed by atoms with Crippen molar-refractivity contribution in [1.82, 2.24) is 19.9 Å². The lowest BCUT2D eigenvalue weighted by Gasteiger charge is -2.31. The van der Waals surface area contributed by atoms with E-state index in [1.165, 1.54) is 17.7 Å². The summed E-state index contributed by atoms with van der Waals surface area (Å²) >= 11 is 0. The second kappa shape index (κ2) is 11.0. The minimum absolute atomic E-state index is 0.217. The van der Waals surface area contributed by atoms with Crippen LogP contribution >= 0.6 is 0 Å². The van der Waals surface area contributed by atoms with E-state index in [4.69, 9.17) is 0 Å². The van der Waals surface area contributed by atoms with Crippen molar-refractivity contribution in [2.24, 2.45) is 0 Å². The lowest BCUT2D eigenvalue weighted by Crippen LogP contribution is -2.43. The molecule has 3 aromatic carbocycles. The molecule has 39 heavy (non-hydrogen) atoms. The van der Waals surface area contributed by atoms with E-state index in [1.807, 2.05) is 36.4 Å². The Labute approximate surface area is 226 Å². The van der Waals surface area contributed by atoms with Gasteiger partial charge in [0.15, 0.2) is 5.65 Å². The Morgan fingerprint density at radius 1 is 0.897 bits per heavy atom. The molecule has 1 saturated heterocycles. The summed E-state index contributed by atoms with van der Waals surface area (Å²) in [6.45, 7) is 3.61. The average Bonchev–Trinajstić information content (AvgIpc) is 3.41. The summed E-state index contributed by atoms with van der Waals surface area (Å²) in [5.41, 5.74) is 6.87. The molecule has 0 unspecified atom stereocenters. The predicted octanol–water partition coefficient (Wildman–Crippen LogP) is 4.98. The number of para-hydroxylation sites is 2. The van der Waals surface area contributed by atoms with Crippen molar-refractivity contribution in [3.05, 3.63) is 114 Å². The molecule has 5 aromatic rings.